The van der Waals surface area contributed by atoms with E-state index in [1.165, 1.54) is 58.2 Å². The average Bonchev–Trinajstić information content (AvgIpc) is 2.66. The van der Waals surface area contributed by atoms with E-state index in [4.69, 9.17) is 4.74 Å². The Balaban J connectivity index is 1.91. The first kappa shape index (κ1) is 15.3. The summed E-state index contributed by atoms with van der Waals surface area (Å²) in [5.41, 5.74) is 0.451. The molecule has 0 atom stereocenters. The van der Waals surface area contributed by atoms with Crippen molar-refractivity contribution in [3.8, 4) is 0 Å². The zero-order chi connectivity index (χ0) is 13.6. The second kappa shape index (κ2) is 7.61. The van der Waals surface area contributed by atoms with Crippen molar-refractivity contribution in [2.45, 2.75) is 58.4 Å². The van der Waals surface area contributed by atoms with Crippen LogP contribution >= 0.6 is 0 Å². The summed E-state index contributed by atoms with van der Waals surface area (Å²) in [4.78, 5) is 2.72. The summed E-state index contributed by atoms with van der Waals surface area (Å²) in [6.07, 6.45) is 8.09. The lowest BCUT2D eigenvalue weighted by Crippen LogP contribution is -2.48. The van der Waals surface area contributed by atoms with Crippen LogP contribution < -0.4 is 5.32 Å². The van der Waals surface area contributed by atoms with Crippen LogP contribution in [0.4, 0.5) is 0 Å². The van der Waals surface area contributed by atoms with Gasteiger partial charge in [-0.15, -0.1) is 0 Å². The third-order valence-electron chi connectivity index (χ3n) is 4.70. The normalized spacial score (nSPS) is 25.4. The molecule has 19 heavy (non-hydrogen) atoms. The number of rotatable bonds is 5. The molecule has 0 radical (unpaired) electrons. The molecule has 1 N–H and O–H groups in total. The Hall–Kier alpha value is -0.120. The molecular formula is C16H32N2O. The summed E-state index contributed by atoms with van der Waals surface area (Å²) in [6.45, 7) is 11.5. The number of ether oxygens (including phenoxy) is 1. The third-order valence-corrected chi connectivity index (χ3v) is 4.70. The van der Waals surface area contributed by atoms with Gasteiger partial charge < -0.3 is 15.0 Å². The molecule has 0 saturated carbocycles. The summed E-state index contributed by atoms with van der Waals surface area (Å²) < 4.78 is 5.60. The lowest BCUT2D eigenvalue weighted by Gasteiger charge is -2.41. The molecule has 0 unspecified atom stereocenters. The predicted molar refractivity (Wildman–Crippen MR) is 80.5 cm³/mol. The summed E-state index contributed by atoms with van der Waals surface area (Å²) >= 11 is 0. The molecule has 0 aliphatic carbocycles. The van der Waals surface area contributed by atoms with Crippen molar-refractivity contribution in [2.75, 3.05) is 39.4 Å². The number of nitrogens with one attached hydrogen (secondary N) is 1. The number of likely N-dealkylation sites (tertiary alicyclic amines) is 1. The summed E-state index contributed by atoms with van der Waals surface area (Å²) in [5.74, 6) is 0. The fraction of sp³-hybridized carbons (Fsp3) is 1.00. The molecule has 3 nitrogen and oxygen atoms in total. The highest BCUT2D eigenvalue weighted by Gasteiger charge is 2.34. The molecule has 0 aromatic heterocycles. The second-order valence-corrected chi connectivity index (χ2v) is 6.84. The highest BCUT2D eigenvalue weighted by molar-refractivity contribution is 4.88. The van der Waals surface area contributed by atoms with Crippen LogP contribution in [0.3, 0.4) is 0 Å². The van der Waals surface area contributed by atoms with Gasteiger partial charge in [0.05, 0.1) is 0 Å². The van der Waals surface area contributed by atoms with Gasteiger partial charge in [-0.3, -0.25) is 0 Å². The first-order valence-corrected chi connectivity index (χ1v) is 8.24. The molecule has 2 aliphatic rings. The maximum Gasteiger partial charge on any atom is 0.0472 e. The van der Waals surface area contributed by atoms with Crippen molar-refractivity contribution in [3.05, 3.63) is 0 Å². The van der Waals surface area contributed by atoms with E-state index in [1.54, 1.807) is 0 Å². The van der Waals surface area contributed by atoms with Crippen molar-refractivity contribution >= 4 is 0 Å². The summed E-state index contributed by atoms with van der Waals surface area (Å²) in [5, 5.41) is 3.68. The van der Waals surface area contributed by atoms with E-state index in [0.717, 1.165) is 19.8 Å². The van der Waals surface area contributed by atoms with E-state index in [9.17, 15) is 0 Å². The largest absolute Gasteiger partial charge is 0.381 e. The zero-order valence-corrected chi connectivity index (χ0v) is 12.9. The molecule has 2 heterocycles. The highest BCUT2D eigenvalue weighted by Crippen LogP contribution is 2.31. The second-order valence-electron chi connectivity index (χ2n) is 6.84. The SMILES string of the molecule is CC(C)NCC1(CN2CCCCCC2)CCOCC1. The molecule has 2 rings (SSSR count). The zero-order valence-electron chi connectivity index (χ0n) is 12.9. The van der Waals surface area contributed by atoms with Crippen molar-refractivity contribution in [1.29, 1.82) is 0 Å². The standard InChI is InChI=1S/C16H32N2O/c1-15(2)17-13-16(7-11-19-12-8-16)14-18-9-5-3-4-6-10-18/h15,17H,3-14H2,1-2H3. The van der Waals surface area contributed by atoms with E-state index in [2.05, 4.69) is 24.1 Å². The van der Waals surface area contributed by atoms with Gasteiger partial charge in [-0.05, 0) is 44.2 Å². The Bertz CT molecular complexity index is 241. The van der Waals surface area contributed by atoms with Gasteiger partial charge in [-0.1, -0.05) is 26.7 Å². The van der Waals surface area contributed by atoms with Crippen molar-refractivity contribution in [1.82, 2.24) is 10.2 Å². The fourth-order valence-electron chi connectivity index (χ4n) is 3.38. The molecule has 2 fully saturated rings. The first-order chi connectivity index (χ1) is 9.20. The van der Waals surface area contributed by atoms with E-state index in [-0.39, 0.29) is 0 Å². The fourth-order valence-corrected chi connectivity index (χ4v) is 3.38. The maximum atomic E-state index is 5.60. The molecule has 2 aliphatic heterocycles. The summed E-state index contributed by atoms with van der Waals surface area (Å²) in [6, 6.07) is 0.587. The van der Waals surface area contributed by atoms with Crippen LogP contribution in [0.2, 0.25) is 0 Å². The van der Waals surface area contributed by atoms with Crippen LogP contribution in [-0.2, 0) is 4.74 Å². The van der Waals surface area contributed by atoms with Gasteiger partial charge in [0.2, 0.25) is 0 Å². The van der Waals surface area contributed by atoms with E-state index in [1.807, 2.05) is 0 Å². The Morgan fingerprint density at radius 1 is 1.05 bits per heavy atom. The number of hydrogen-bond donors (Lipinski definition) is 1. The predicted octanol–water partition coefficient (Wildman–Crippen LogP) is 2.66. The quantitative estimate of drug-likeness (QED) is 0.829. The van der Waals surface area contributed by atoms with Crippen LogP contribution in [0.5, 0.6) is 0 Å². The Labute approximate surface area is 119 Å². The minimum absolute atomic E-state index is 0.451. The smallest absolute Gasteiger partial charge is 0.0472 e. The molecular weight excluding hydrogens is 236 g/mol. The molecule has 0 bridgehead atoms. The lowest BCUT2D eigenvalue weighted by molar-refractivity contribution is -0.00475. The lowest BCUT2D eigenvalue weighted by atomic mass is 9.79. The van der Waals surface area contributed by atoms with Gasteiger partial charge in [0, 0.05) is 32.3 Å². The Morgan fingerprint density at radius 2 is 1.68 bits per heavy atom. The molecule has 2 saturated heterocycles. The highest BCUT2D eigenvalue weighted by atomic mass is 16.5. The average molecular weight is 268 g/mol. The molecule has 0 amide bonds. The first-order valence-electron chi connectivity index (χ1n) is 8.24. The van der Waals surface area contributed by atoms with E-state index < -0.39 is 0 Å². The van der Waals surface area contributed by atoms with Crippen molar-refractivity contribution < 1.29 is 4.74 Å². The summed E-state index contributed by atoms with van der Waals surface area (Å²) in [7, 11) is 0. The van der Waals surface area contributed by atoms with Gasteiger partial charge in [0.25, 0.3) is 0 Å². The number of nitrogens with zero attached hydrogens (tertiary/aromatic N) is 1. The maximum absolute atomic E-state index is 5.60. The third kappa shape index (κ3) is 5.05. The van der Waals surface area contributed by atoms with E-state index in [0.29, 0.717) is 11.5 Å². The van der Waals surface area contributed by atoms with E-state index >= 15 is 0 Å². The van der Waals surface area contributed by atoms with Gasteiger partial charge in [0.1, 0.15) is 0 Å². The Morgan fingerprint density at radius 3 is 2.26 bits per heavy atom. The van der Waals surface area contributed by atoms with Gasteiger partial charge >= 0.3 is 0 Å². The molecule has 112 valence electrons. The van der Waals surface area contributed by atoms with Crippen LogP contribution in [0, 0.1) is 5.41 Å². The van der Waals surface area contributed by atoms with Crippen LogP contribution in [0.25, 0.3) is 0 Å². The van der Waals surface area contributed by atoms with Crippen molar-refractivity contribution in [2.24, 2.45) is 5.41 Å². The molecule has 0 spiro atoms. The van der Waals surface area contributed by atoms with Crippen LogP contribution in [-0.4, -0.2) is 50.3 Å². The molecule has 0 aromatic carbocycles. The molecule has 3 heteroatoms. The minimum Gasteiger partial charge on any atom is -0.381 e. The Kier molecular flexibility index (Phi) is 6.11. The van der Waals surface area contributed by atoms with Gasteiger partial charge in [0.15, 0.2) is 0 Å². The van der Waals surface area contributed by atoms with Gasteiger partial charge in [-0.2, -0.15) is 0 Å². The van der Waals surface area contributed by atoms with Crippen LogP contribution in [0.15, 0.2) is 0 Å². The number of hydrogen-bond acceptors (Lipinski definition) is 3. The van der Waals surface area contributed by atoms with Crippen molar-refractivity contribution in [3.63, 3.8) is 0 Å². The monoisotopic (exact) mass is 268 g/mol. The molecule has 0 aromatic rings. The topological polar surface area (TPSA) is 24.5 Å². The van der Waals surface area contributed by atoms with Gasteiger partial charge in [-0.25, -0.2) is 0 Å². The minimum atomic E-state index is 0.451. The van der Waals surface area contributed by atoms with Crippen LogP contribution in [0.1, 0.15) is 52.4 Å².